The lowest BCUT2D eigenvalue weighted by Gasteiger charge is -2.40. The van der Waals surface area contributed by atoms with Crippen LogP contribution in [0, 0.1) is 5.92 Å². The van der Waals surface area contributed by atoms with Gasteiger partial charge in [-0.3, -0.25) is 0 Å². The number of rotatable bonds is 3. The summed E-state index contributed by atoms with van der Waals surface area (Å²) in [5, 5.41) is 3.47. The molecule has 1 aliphatic carbocycles. The molecule has 2 heterocycles. The third-order valence-corrected chi connectivity index (χ3v) is 4.93. The average molecular weight is 274 g/mol. The minimum atomic E-state index is 0.553. The summed E-state index contributed by atoms with van der Waals surface area (Å²) in [6.45, 7) is 5.01. The number of nitrogens with one attached hydrogen (secondary N) is 1. The second-order valence-corrected chi connectivity index (χ2v) is 6.44. The lowest BCUT2D eigenvalue weighted by molar-refractivity contribution is 0.108. The molecular formula is C16H26N4. The normalized spacial score (nSPS) is 29.2. The van der Waals surface area contributed by atoms with Crippen LogP contribution in [-0.4, -0.2) is 40.0 Å². The third kappa shape index (κ3) is 3.48. The first-order valence-electron chi connectivity index (χ1n) is 8.09. The maximum Gasteiger partial charge on any atom is 0.222 e. The molecular weight excluding hydrogens is 248 g/mol. The predicted molar refractivity (Wildman–Crippen MR) is 81.7 cm³/mol. The molecule has 0 aromatic carbocycles. The minimum Gasteiger partial charge on any atom is -0.351 e. The van der Waals surface area contributed by atoms with Crippen LogP contribution in [0.3, 0.4) is 0 Å². The molecule has 1 N–H and O–H groups in total. The predicted octanol–water partition coefficient (Wildman–Crippen LogP) is 2.93. The van der Waals surface area contributed by atoms with E-state index in [9.17, 15) is 0 Å². The Morgan fingerprint density at radius 1 is 1.00 bits per heavy atom. The number of anilines is 1. The first-order valence-corrected chi connectivity index (χ1v) is 8.09. The van der Waals surface area contributed by atoms with Crippen LogP contribution in [0.15, 0.2) is 18.5 Å². The van der Waals surface area contributed by atoms with Gasteiger partial charge in [0.25, 0.3) is 0 Å². The number of hydrogen-bond acceptors (Lipinski definition) is 4. The van der Waals surface area contributed by atoms with Gasteiger partial charge in [0.1, 0.15) is 0 Å². The van der Waals surface area contributed by atoms with Gasteiger partial charge in [-0.25, -0.2) is 9.97 Å². The summed E-state index contributed by atoms with van der Waals surface area (Å²) in [5.74, 6) is 1.71. The van der Waals surface area contributed by atoms with Gasteiger partial charge in [0.2, 0.25) is 5.95 Å². The van der Waals surface area contributed by atoms with Crippen LogP contribution in [0.2, 0.25) is 0 Å². The SMILES string of the molecule is CC1CCN(C2CCC(Nc3ncccn3)CC2)CC1. The standard InChI is InChI=1S/C16H26N4/c1-13-7-11-20(12-8-13)15-5-3-14(4-6-15)19-16-17-9-2-10-18-16/h2,9-10,13-15H,3-8,11-12H2,1H3,(H,17,18,19). The highest BCUT2D eigenvalue weighted by Crippen LogP contribution is 2.28. The molecule has 4 heteroatoms. The van der Waals surface area contributed by atoms with Gasteiger partial charge in [0.15, 0.2) is 0 Å². The van der Waals surface area contributed by atoms with Gasteiger partial charge in [0.05, 0.1) is 0 Å². The fourth-order valence-electron chi connectivity index (χ4n) is 3.54. The molecule has 0 atom stereocenters. The molecule has 0 unspecified atom stereocenters. The van der Waals surface area contributed by atoms with Crippen LogP contribution in [-0.2, 0) is 0 Å². The van der Waals surface area contributed by atoms with Crippen molar-refractivity contribution in [3.05, 3.63) is 18.5 Å². The number of likely N-dealkylation sites (tertiary alicyclic amines) is 1. The Bertz CT molecular complexity index is 392. The molecule has 4 nitrogen and oxygen atoms in total. The third-order valence-electron chi connectivity index (χ3n) is 4.93. The van der Waals surface area contributed by atoms with Gasteiger partial charge >= 0.3 is 0 Å². The second-order valence-electron chi connectivity index (χ2n) is 6.44. The second kappa shape index (κ2) is 6.53. The molecule has 2 fully saturated rings. The van der Waals surface area contributed by atoms with Crippen LogP contribution in [0.1, 0.15) is 45.4 Å². The van der Waals surface area contributed by atoms with Crippen LogP contribution in [0.5, 0.6) is 0 Å². The molecule has 2 aliphatic rings. The van der Waals surface area contributed by atoms with E-state index in [1.54, 1.807) is 12.4 Å². The molecule has 0 spiro atoms. The van der Waals surface area contributed by atoms with Crippen molar-refractivity contribution in [1.82, 2.24) is 14.9 Å². The van der Waals surface area contributed by atoms with Crippen molar-refractivity contribution in [2.24, 2.45) is 5.92 Å². The Morgan fingerprint density at radius 3 is 2.30 bits per heavy atom. The van der Waals surface area contributed by atoms with Crippen LogP contribution in [0.25, 0.3) is 0 Å². The lowest BCUT2D eigenvalue weighted by Crippen LogP contribution is -2.44. The van der Waals surface area contributed by atoms with Gasteiger partial charge in [-0.15, -0.1) is 0 Å². The van der Waals surface area contributed by atoms with Crippen molar-refractivity contribution in [2.75, 3.05) is 18.4 Å². The van der Waals surface area contributed by atoms with E-state index in [1.165, 1.54) is 51.6 Å². The molecule has 1 aromatic heterocycles. The van der Waals surface area contributed by atoms with Crippen LogP contribution < -0.4 is 5.32 Å². The van der Waals surface area contributed by atoms with Gasteiger partial charge in [0, 0.05) is 24.5 Å². The van der Waals surface area contributed by atoms with E-state index in [0.29, 0.717) is 6.04 Å². The Balaban J connectivity index is 1.45. The smallest absolute Gasteiger partial charge is 0.222 e. The van der Waals surface area contributed by atoms with E-state index < -0.39 is 0 Å². The van der Waals surface area contributed by atoms with Crippen molar-refractivity contribution in [3.8, 4) is 0 Å². The van der Waals surface area contributed by atoms with Crippen LogP contribution >= 0.6 is 0 Å². The van der Waals surface area contributed by atoms with Crippen molar-refractivity contribution >= 4 is 5.95 Å². The summed E-state index contributed by atoms with van der Waals surface area (Å²) in [6.07, 6.45) is 11.5. The molecule has 0 amide bonds. The number of hydrogen-bond donors (Lipinski definition) is 1. The van der Waals surface area contributed by atoms with Crippen molar-refractivity contribution in [3.63, 3.8) is 0 Å². The first-order chi connectivity index (χ1) is 9.81. The fourth-order valence-corrected chi connectivity index (χ4v) is 3.54. The Morgan fingerprint density at radius 2 is 1.65 bits per heavy atom. The Hall–Kier alpha value is -1.16. The summed E-state index contributed by atoms with van der Waals surface area (Å²) < 4.78 is 0. The summed E-state index contributed by atoms with van der Waals surface area (Å²) in [5.41, 5.74) is 0. The molecule has 110 valence electrons. The van der Waals surface area contributed by atoms with Gasteiger partial charge in [-0.1, -0.05) is 6.92 Å². The maximum absolute atomic E-state index is 4.26. The minimum absolute atomic E-state index is 0.553. The summed E-state index contributed by atoms with van der Waals surface area (Å²) >= 11 is 0. The van der Waals surface area contributed by atoms with Crippen molar-refractivity contribution in [2.45, 2.75) is 57.5 Å². The highest BCUT2D eigenvalue weighted by atomic mass is 15.2. The topological polar surface area (TPSA) is 41.0 Å². The summed E-state index contributed by atoms with van der Waals surface area (Å²) in [7, 11) is 0. The zero-order valence-electron chi connectivity index (χ0n) is 12.5. The van der Waals surface area contributed by atoms with E-state index in [2.05, 4.69) is 27.1 Å². The van der Waals surface area contributed by atoms with Gasteiger partial charge in [-0.2, -0.15) is 0 Å². The highest BCUT2D eigenvalue weighted by molar-refractivity contribution is 5.24. The number of nitrogens with zero attached hydrogens (tertiary/aromatic N) is 3. The average Bonchev–Trinajstić information content (AvgIpc) is 2.50. The number of aromatic nitrogens is 2. The molecule has 20 heavy (non-hydrogen) atoms. The Kier molecular flexibility index (Phi) is 4.51. The molecule has 3 rings (SSSR count). The molecule has 1 saturated heterocycles. The van der Waals surface area contributed by atoms with Crippen LogP contribution in [0.4, 0.5) is 5.95 Å². The largest absolute Gasteiger partial charge is 0.351 e. The van der Waals surface area contributed by atoms with E-state index in [0.717, 1.165) is 17.9 Å². The number of piperidine rings is 1. The monoisotopic (exact) mass is 274 g/mol. The van der Waals surface area contributed by atoms with Gasteiger partial charge < -0.3 is 10.2 Å². The highest BCUT2D eigenvalue weighted by Gasteiger charge is 2.28. The summed E-state index contributed by atoms with van der Waals surface area (Å²) in [4.78, 5) is 11.2. The fraction of sp³-hybridized carbons (Fsp3) is 0.750. The first kappa shape index (κ1) is 13.8. The van der Waals surface area contributed by atoms with E-state index >= 15 is 0 Å². The van der Waals surface area contributed by atoms with E-state index in [4.69, 9.17) is 0 Å². The molecule has 1 saturated carbocycles. The Labute approximate surface area is 122 Å². The quantitative estimate of drug-likeness (QED) is 0.920. The van der Waals surface area contributed by atoms with Crippen molar-refractivity contribution < 1.29 is 0 Å². The molecule has 1 aliphatic heterocycles. The molecule has 1 aromatic rings. The van der Waals surface area contributed by atoms with E-state index in [1.807, 2.05) is 6.07 Å². The van der Waals surface area contributed by atoms with Gasteiger partial charge in [-0.05, 0) is 63.6 Å². The maximum atomic E-state index is 4.26. The lowest BCUT2D eigenvalue weighted by atomic mass is 9.88. The zero-order chi connectivity index (χ0) is 13.8. The van der Waals surface area contributed by atoms with Crippen molar-refractivity contribution in [1.29, 1.82) is 0 Å². The molecule has 0 radical (unpaired) electrons. The zero-order valence-corrected chi connectivity index (χ0v) is 12.5. The molecule has 0 bridgehead atoms. The van der Waals surface area contributed by atoms with E-state index in [-0.39, 0.29) is 0 Å². The summed E-state index contributed by atoms with van der Waals surface area (Å²) in [6, 6.07) is 3.23.